The van der Waals surface area contributed by atoms with Crippen LogP contribution in [0.4, 0.5) is 11.6 Å². The molecule has 2 rings (SSSR count). The first-order chi connectivity index (χ1) is 9.61. The molecule has 0 saturated heterocycles. The minimum atomic E-state index is 0.553. The number of hydrogen-bond acceptors (Lipinski definition) is 4. The Balaban J connectivity index is 2.21. The zero-order chi connectivity index (χ0) is 14.5. The van der Waals surface area contributed by atoms with E-state index in [9.17, 15) is 0 Å². The zero-order valence-corrected chi connectivity index (χ0v) is 13.8. The van der Waals surface area contributed by atoms with Crippen molar-refractivity contribution >= 4 is 46.2 Å². The van der Waals surface area contributed by atoms with Gasteiger partial charge in [0.1, 0.15) is 11.6 Å². The van der Waals surface area contributed by atoms with E-state index < -0.39 is 0 Å². The van der Waals surface area contributed by atoms with Crippen LogP contribution in [0.1, 0.15) is 18.2 Å². The van der Waals surface area contributed by atoms with Gasteiger partial charge < -0.3 is 10.2 Å². The van der Waals surface area contributed by atoms with Crippen LogP contribution >= 0.6 is 34.5 Å². The number of rotatable bonds is 6. The fraction of sp³-hybridized carbons (Fsp3) is 0.357. The summed E-state index contributed by atoms with van der Waals surface area (Å²) >= 11 is 14.1. The topological polar surface area (TPSA) is 28.2 Å². The smallest absolute Gasteiger partial charge is 0.150 e. The van der Waals surface area contributed by atoms with Gasteiger partial charge in [-0.15, -0.1) is 11.3 Å². The Morgan fingerprint density at radius 1 is 1.35 bits per heavy atom. The van der Waals surface area contributed by atoms with Crippen molar-refractivity contribution in [2.75, 3.05) is 23.8 Å². The van der Waals surface area contributed by atoms with Gasteiger partial charge in [-0.1, -0.05) is 36.2 Å². The van der Waals surface area contributed by atoms with Crippen molar-refractivity contribution in [1.29, 1.82) is 0 Å². The van der Waals surface area contributed by atoms with Crippen molar-refractivity contribution < 1.29 is 0 Å². The molecule has 0 aromatic carbocycles. The van der Waals surface area contributed by atoms with Gasteiger partial charge in [0.05, 0.1) is 16.6 Å². The fourth-order valence-electron chi connectivity index (χ4n) is 1.80. The van der Waals surface area contributed by atoms with E-state index in [4.69, 9.17) is 23.2 Å². The van der Waals surface area contributed by atoms with Crippen LogP contribution in [0.5, 0.6) is 0 Å². The molecule has 0 radical (unpaired) electrons. The van der Waals surface area contributed by atoms with Gasteiger partial charge in [0, 0.05) is 18.5 Å². The van der Waals surface area contributed by atoms with E-state index in [0.29, 0.717) is 15.9 Å². The van der Waals surface area contributed by atoms with Crippen LogP contribution in [0.3, 0.4) is 0 Å². The Morgan fingerprint density at radius 3 is 2.80 bits per heavy atom. The van der Waals surface area contributed by atoms with Gasteiger partial charge in [-0.05, 0) is 23.9 Å². The number of pyridine rings is 1. The summed E-state index contributed by atoms with van der Waals surface area (Å²) in [5.41, 5.74) is 0. The van der Waals surface area contributed by atoms with Crippen LogP contribution in [0.15, 0.2) is 23.6 Å². The largest absolute Gasteiger partial charge is 0.369 e. The maximum Gasteiger partial charge on any atom is 0.150 e. The molecule has 2 aromatic heterocycles. The van der Waals surface area contributed by atoms with Gasteiger partial charge >= 0.3 is 0 Å². The minimum Gasteiger partial charge on any atom is -0.369 e. The van der Waals surface area contributed by atoms with E-state index in [2.05, 4.69) is 28.7 Å². The maximum absolute atomic E-state index is 6.26. The van der Waals surface area contributed by atoms with Crippen molar-refractivity contribution in [2.24, 2.45) is 0 Å². The monoisotopic (exact) mass is 329 g/mol. The van der Waals surface area contributed by atoms with E-state index >= 15 is 0 Å². The second-order valence-electron chi connectivity index (χ2n) is 4.49. The van der Waals surface area contributed by atoms with E-state index in [1.807, 2.05) is 18.0 Å². The predicted octanol–water partition coefficient (Wildman–Crippen LogP) is 4.91. The highest BCUT2D eigenvalue weighted by Gasteiger charge is 2.13. The number of anilines is 2. The summed E-state index contributed by atoms with van der Waals surface area (Å²) in [6.45, 7) is 3.71. The van der Waals surface area contributed by atoms with Crippen molar-refractivity contribution in [2.45, 2.75) is 19.9 Å². The van der Waals surface area contributed by atoms with E-state index in [1.54, 1.807) is 17.4 Å². The first kappa shape index (κ1) is 15.4. The third kappa shape index (κ3) is 3.78. The Kier molecular flexibility index (Phi) is 5.52. The molecule has 3 nitrogen and oxygen atoms in total. The molecule has 0 amide bonds. The highest BCUT2D eigenvalue weighted by atomic mass is 35.5. The summed E-state index contributed by atoms with van der Waals surface area (Å²) in [5, 5.41) is 6.40. The highest BCUT2D eigenvalue weighted by Crippen LogP contribution is 2.31. The second-order valence-corrected chi connectivity index (χ2v) is 6.33. The fourth-order valence-corrected chi connectivity index (χ4v) is 3.13. The lowest BCUT2D eigenvalue weighted by atomic mass is 10.3. The lowest BCUT2D eigenvalue weighted by Gasteiger charge is -2.20. The van der Waals surface area contributed by atoms with Crippen LogP contribution in [-0.2, 0) is 6.54 Å². The zero-order valence-electron chi connectivity index (χ0n) is 11.5. The third-order valence-electron chi connectivity index (χ3n) is 2.79. The molecule has 0 aliphatic rings. The average molecular weight is 330 g/mol. The molecule has 0 unspecified atom stereocenters. The molecule has 20 heavy (non-hydrogen) atoms. The molecule has 0 aliphatic carbocycles. The summed E-state index contributed by atoms with van der Waals surface area (Å²) in [4.78, 5) is 7.84. The molecule has 1 N–H and O–H groups in total. The molecule has 0 spiro atoms. The molecule has 0 saturated carbocycles. The van der Waals surface area contributed by atoms with Crippen LogP contribution in [0, 0.1) is 0 Å². The average Bonchev–Trinajstić information content (AvgIpc) is 2.90. The molecule has 6 heteroatoms. The van der Waals surface area contributed by atoms with Gasteiger partial charge in [-0.2, -0.15) is 0 Å². The van der Waals surface area contributed by atoms with Crippen molar-refractivity contribution in [3.05, 3.63) is 38.5 Å². The first-order valence-corrected chi connectivity index (χ1v) is 8.08. The maximum atomic E-state index is 6.26. The van der Waals surface area contributed by atoms with Crippen molar-refractivity contribution in [3.8, 4) is 0 Å². The molecule has 2 heterocycles. The Hall–Kier alpha value is -0.970. The number of nitrogens with one attached hydrogen (secondary N) is 1. The van der Waals surface area contributed by atoms with Gasteiger partial charge in [-0.25, -0.2) is 4.98 Å². The van der Waals surface area contributed by atoms with E-state index in [0.717, 1.165) is 25.3 Å². The number of halogens is 2. The van der Waals surface area contributed by atoms with Crippen LogP contribution in [-0.4, -0.2) is 18.6 Å². The van der Waals surface area contributed by atoms with Gasteiger partial charge in [0.25, 0.3) is 0 Å². The molecular weight excluding hydrogens is 313 g/mol. The van der Waals surface area contributed by atoms with Crippen molar-refractivity contribution in [1.82, 2.24) is 4.98 Å². The number of thiophene rings is 1. The lowest BCUT2D eigenvalue weighted by Crippen LogP contribution is -2.18. The van der Waals surface area contributed by atoms with E-state index in [1.165, 1.54) is 4.88 Å². The third-order valence-corrected chi connectivity index (χ3v) is 4.22. The van der Waals surface area contributed by atoms with Crippen LogP contribution in [0.2, 0.25) is 10.0 Å². The Morgan fingerprint density at radius 2 is 2.15 bits per heavy atom. The predicted molar refractivity (Wildman–Crippen MR) is 89.5 cm³/mol. The SMILES string of the molecule is CCCNc1nc(N(C)Cc2cccs2)c(Cl)cc1Cl. The normalized spacial score (nSPS) is 10.6. The number of nitrogens with zero attached hydrogens (tertiary/aromatic N) is 2. The summed E-state index contributed by atoms with van der Waals surface area (Å²) in [6, 6.07) is 5.88. The molecule has 0 bridgehead atoms. The molecular formula is C14H17Cl2N3S. The summed E-state index contributed by atoms with van der Waals surface area (Å²) < 4.78 is 0. The van der Waals surface area contributed by atoms with Gasteiger partial charge in [0.2, 0.25) is 0 Å². The molecule has 108 valence electrons. The van der Waals surface area contributed by atoms with Gasteiger partial charge in [-0.3, -0.25) is 0 Å². The summed E-state index contributed by atoms with van der Waals surface area (Å²) in [6.07, 6.45) is 1.01. The Bertz CT molecular complexity index is 558. The van der Waals surface area contributed by atoms with E-state index in [-0.39, 0.29) is 0 Å². The van der Waals surface area contributed by atoms with Crippen LogP contribution < -0.4 is 10.2 Å². The van der Waals surface area contributed by atoms with Gasteiger partial charge in [0.15, 0.2) is 0 Å². The highest BCUT2D eigenvalue weighted by molar-refractivity contribution is 7.09. The van der Waals surface area contributed by atoms with Crippen molar-refractivity contribution in [3.63, 3.8) is 0 Å². The molecule has 0 fully saturated rings. The van der Waals surface area contributed by atoms with Crippen LogP contribution in [0.25, 0.3) is 0 Å². The number of hydrogen-bond donors (Lipinski definition) is 1. The number of aromatic nitrogens is 1. The molecule has 0 aliphatic heterocycles. The standard InChI is InChI=1S/C14H17Cl2N3S/c1-3-6-17-13-11(15)8-12(16)14(18-13)19(2)9-10-5-4-7-20-10/h4-5,7-8H,3,6,9H2,1-2H3,(H,17,18). The quantitative estimate of drug-likeness (QED) is 0.816. The molecule has 2 aromatic rings. The summed E-state index contributed by atoms with van der Waals surface area (Å²) in [7, 11) is 1.98. The second kappa shape index (κ2) is 7.16. The Labute approximate surface area is 133 Å². The lowest BCUT2D eigenvalue weighted by molar-refractivity contribution is 0.907. The summed E-state index contributed by atoms with van der Waals surface area (Å²) in [5.74, 6) is 1.43. The first-order valence-electron chi connectivity index (χ1n) is 6.45. The minimum absolute atomic E-state index is 0.553. The molecule has 0 atom stereocenters.